The summed E-state index contributed by atoms with van der Waals surface area (Å²) < 4.78 is 5.28. The maximum atomic E-state index is 9.87. The minimum atomic E-state index is -0.0861. The van der Waals surface area contributed by atoms with Gasteiger partial charge in [0.25, 0.3) is 0 Å². The quantitative estimate of drug-likeness (QED) is 0.773. The van der Waals surface area contributed by atoms with Gasteiger partial charge in [-0.25, -0.2) is 0 Å². The molecule has 1 aromatic heterocycles. The fourth-order valence-corrected chi connectivity index (χ4v) is 2.76. The molecule has 0 spiro atoms. The van der Waals surface area contributed by atoms with Crippen molar-refractivity contribution in [2.24, 2.45) is 5.92 Å². The first kappa shape index (κ1) is 14.1. The van der Waals surface area contributed by atoms with Gasteiger partial charge in [0.2, 0.25) is 5.76 Å². The van der Waals surface area contributed by atoms with E-state index in [9.17, 15) is 5.11 Å². The normalized spacial score (nSPS) is 23.2. The number of hydrogen-bond donors (Lipinski definition) is 2. The van der Waals surface area contributed by atoms with E-state index in [1.54, 1.807) is 6.07 Å². The first-order valence-corrected chi connectivity index (χ1v) is 7.17. The van der Waals surface area contributed by atoms with Crippen LogP contribution in [0.5, 0.6) is 0 Å². The lowest BCUT2D eigenvalue weighted by molar-refractivity contribution is 0.0643. The number of nitriles is 1. The van der Waals surface area contributed by atoms with Crippen molar-refractivity contribution in [2.45, 2.75) is 51.2 Å². The van der Waals surface area contributed by atoms with Crippen LogP contribution < -0.4 is 5.32 Å². The number of hydrogen-bond acceptors (Lipinski definition) is 4. The summed E-state index contributed by atoms with van der Waals surface area (Å²) in [6.45, 7) is 1.58. The van der Waals surface area contributed by atoms with E-state index in [4.69, 9.17) is 9.68 Å². The summed E-state index contributed by atoms with van der Waals surface area (Å²) in [6.07, 6.45) is 6.67. The van der Waals surface area contributed by atoms with E-state index in [0.29, 0.717) is 18.2 Å². The van der Waals surface area contributed by atoms with Gasteiger partial charge in [0.15, 0.2) is 0 Å². The highest BCUT2D eigenvalue weighted by atomic mass is 16.3. The Balaban J connectivity index is 1.58. The van der Waals surface area contributed by atoms with E-state index >= 15 is 0 Å². The summed E-state index contributed by atoms with van der Waals surface area (Å²) >= 11 is 0. The fraction of sp³-hybridized carbons (Fsp3) is 0.667. The molecule has 0 saturated heterocycles. The molecule has 0 bridgehead atoms. The Bertz CT molecular complexity index is 422. The standard InChI is InChI=1S/C15H22N2O2/c16-10-13-7-8-14(19-13)11-17-9-3-5-12-4-1-2-6-15(12)18/h7-8,12,15,17-18H,1-6,9,11H2. The van der Waals surface area contributed by atoms with Gasteiger partial charge in [-0.2, -0.15) is 5.26 Å². The van der Waals surface area contributed by atoms with E-state index in [0.717, 1.165) is 31.6 Å². The van der Waals surface area contributed by atoms with Gasteiger partial charge < -0.3 is 14.8 Å². The maximum Gasteiger partial charge on any atom is 0.203 e. The summed E-state index contributed by atoms with van der Waals surface area (Å²) in [5, 5.41) is 21.8. The lowest BCUT2D eigenvalue weighted by atomic mass is 9.83. The lowest BCUT2D eigenvalue weighted by Crippen LogP contribution is -2.25. The number of aliphatic hydroxyl groups excluding tert-OH is 1. The second kappa shape index (κ2) is 7.32. The zero-order valence-electron chi connectivity index (χ0n) is 11.3. The summed E-state index contributed by atoms with van der Waals surface area (Å²) in [5.41, 5.74) is 0. The van der Waals surface area contributed by atoms with Crippen molar-refractivity contribution in [1.82, 2.24) is 5.32 Å². The smallest absolute Gasteiger partial charge is 0.203 e. The van der Waals surface area contributed by atoms with Crippen LogP contribution in [0.3, 0.4) is 0 Å². The van der Waals surface area contributed by atoms with Crippen LogP contribution in [-0.2, 0) is 6.54 Å². The van der Waals surface area contributed by atoms with Crippen LogP contribution in [0.25, 0.3) is 0 Å². The molecule has 2 atom stereocenters. The first-order chi connectivity index (χ1) is 9.29. The Morgan fingerprint density at radius 3 is 2.95 bits per heavy atom. The van der Waals surface area contributed by atoms with Crippen molar-refractivity contribution >= 4 is 0 Å². The second-order valence-corrected chi connectivity index (χ2v) is 5.31. The van der Waals surface area contributed by atoms with Crippen LogP contribution in [0.4, 0.5) is 0 Å². The minimum Gasteiger partial charge on any atom is -0.449 e. The van der Waals surface area contributed by atoms with Gasteiger partial charge in [-0.05, 0) is 50.3 Å². The SMILES string of the molecule is N#Cc1ccc(CNCCCC2CCCCC2O)o1. The Hall–Kier alpha value is -1.31. The molecule has 0 aromatic carbocycles. The summed E-state index contributed by atoms with van der Waals surface area (Å²) in [4.78, 5) is 0. The number of nitrogens with zero attached hydrogens (tertiary/aromatic N) is 1. The predicted octanol–water partition coefficient (Wildman–Crippen LogP) is 2.57. The monoisotopic (exact) mass is 262 g/mol. The van der Waals surface area contributed by atoms with Crippen LogP contribution in [0.15, 0.2) is 16.5 Å². The molecule has 1 saturated carbocycles. The fourth-order valence-electron chi connectivity index (χ4n) is 2.76. The third-order valence-electron chi connectivity index (χ3n) is 3.87. The van der Waals surface area contributed by atoms with Gasteiger partial charge in [-0.15, -0.1) is 0 Å². The maximum absolute atomic E-state index is 9.87. The zero-order valence-corrected chi connectivity index (χ0v) is 11.3. The summed E-state index contributed by atoms with van der Waals surface area (Å²) in [6, 6.07) is 5.49. The van der Waals surface area contributed by atoms with Crippen LogP contribution in [0.1, 0.15) is 50.0 Å². The van der Waals surface area contributed by atoms with Crippen molar-refractivity contribution in [1.29, 1.82) is 5.26 Å². The first-order valence-electron chi connectivity index (χ1n) is 7.17. The zero-order chi connectivity index (χ0) is 13.5. The molecule has 1 aliphatic rings. The van der Waals surface area contributed by atoms with E-state index < -0.39 is 0 Å². The van der Waals surface area contributed by atoms with Crippen molar-refractivity contribution in [3.63, 3.8) is 0 Å². The highest BCUT2D eigenvalue weighted by Gasteiger charge is 2.21. The molecule has 104 valence electrons. The van der Waals surface area contributed by atoms with Crippen LogP contribution >= 0.6 is 0 Å². The molecule has 1 heterocycles. The Morgan fingerprint density at radius 2 is 2.21 bits per heavy atom. The largest absolute Gasteiger partial charge is 0.449 e. The third kappa shape index (κ3) is 4.38. The molecule has 1 aliphatic carbocycles. The molecular weight excluding hydrogens is 240 g/mol. The highest BCUT2D eigenvalue weighted by Crippen LogP contribution is 2.27. The van der Waals surface area contributed by atoms with Crippen molar-refractivity contribution in [3.8, 4) is 6.07 Å². The average Bonchev–Trinajstić information content (AvgIpc) is 2.88. The number of nitrogens with one attached hydrogen (secondary N) is 1. The number of furan rings is 1. The molecule has 1 fully saturated rings. The van der Waals surface area contributed by atoms with Crippen LogP contribution in [-0.4, -0.2) is 17.8 Å². The molecular formula is C15H22N2O2. The van der Waals surface area contributed by atoms with E-state index in [1.807, 2.05) is 12.1 Å². The Morgan fingerprint density at radius 1 is 1.37 bits per heavy atom. The molecule has 4 heteroatoms. The molecule has 4 nitrogen and oxygen atoms in total. The van der Waals surface area contributed by atoms with Gasteiger partial charge in [-0.1, -0.05) is 12.8 Å². The Labute approximate surface area is 114 Å². The molecule has 2 unspecified atom stereocenters. The van der Waals surface area contributed by atoms with Crippen molar-refractivity contribution in [2.75, 3.05) is 6.54 Å². The Kier molecular flexibility index (Phi) is 5.44. The molecule has 0 radical (unpaired) electrons. The van der Waals surface area contributed by atoms with Gasteiger partial charge in [0.05, 0.1) is 12.6 Å². The van der Waals surface area contributed by atoms with Gasteiger partial charge in [0, 0.05) is 0 Å². The molecule has 19 heavy (non-hydrogen) atoms. The molecule has 2 N–H and O–H groups in total. The predicted molar refractivity (Wildman–Crippen MR) is 72.3 cm³/mol. The minimum absolute atomic E-state index is 0.0861. The van der Waals surface area contributed by atoms with Crippen LogP contribution in [0.2, 0.25) is 0 Å². The van der Waals surface area contributed by atoms with Gasteiger partial charge in [-0.3, -0.25) is 0 Å². The second-order valence-electron chi connectivity index (χ2n) is 5.31. The van der Waals surface area contributed by atoms with E-state index in [-0.39, 0.29) is 6.10 Å². The number of aliphatic hydroxyl groups is 1. The van der Waals surface area contributed by atoms with Gasteiger partial charge >= 0.3 is 0 Å². The summed E-state index contributed by atoms with van der Waals surface area (Å²) in [5.74, 6) is 1.65. The van der Waals surface area contributed by atoms with Crippen molar-refractivity contribution in [3.05, 3.63) is 23.7 Å². The van der Waals surface area contributed by atoms with Crippen molar-refractivity contribution < 1.29 is 9.52 Å². The van der Waals surface area contributed by atoms with E-state index in [2.05, 4.69) is 5.32 Å². The molecule has 2 rings (SSSR count). The summed E-state index contributed by atoms with van der Waals surface area (Å²) in [7, 11) is 0. The molecule has 1 aromatic rings. The highest BCUT2D eigenvalue weighted by molar-refractivity contribution is 5.18. The topological polar surface area (TPSA) is 69.2 Å². The average molecular weight is 262 g/mol. The molecule has 0 amide bonds. The van der Waals surface area contributed by atoms with E-state index in [1.165, 1.54) is 19.3 Å². The lowest BCUT2D eigenvalue weighted by Gasteiger charge is -2.27. The van der Waals surface area contributed by atoms with Crippen LogP contribution in [0, 0.1) is 17.2 Å². The number of rotatable bonds is 6. The third-order valence-corrected chi connectivity index (χ3v) is 3.87. The van der Waals surface area contributed by atoms with Gasteiger partial charge in [0.1, 0.15) is 11.8 Å². The molecule has 0 aliphatic heterocycles.